The molecule has 3 aromatic rings. The molecule has 1 heterocycles. The van der Waals surface area contributed by atoms with Crippen LogP contribution >= 0.6 is 11.6 Å². The zero-order valence-electron chi connectivity index (χ0n) is 14.6. The molecule has 2 aromatic carbocycles. The predicted octanol–water partition coefficient (Wildman–Crippen LogP) is 4.23. The van der Waals surface area contributed by atoms with E-state index in [-0.39, 0.29) is 17.3 Å². The van der Waals surface area contributed by atoms with Crippen molar-refractivity contribution >= 4 is 40.5 Å². The number of anilines is 4. The third-order valence-electron chi connectivity index (χ3n) is 3.76. The van der Waals surface area contributed by atoms with E-state index in [9.17, 15) is 18.0 Å². The molecule has 0 atom stereocenters. The molecular formula is C18H14ClF3N6O. The molecule has 7 nitrogen and oxygen atoms in total. The summed E-state index contributed by atoms with van der Waals surface area (Å²) in [5.41, 5.74) is 11.0. The highest BCUT2D eigenvalue weighted by atomic mass is 35.5. The zero-order valence-corrected chi connectivity index (χ0v) is 15.3. The van der Waals surface area contributed by atoms with Crippen molar-refractivity contribution < 1.29 is 18.0 Å². The molecule has 0 aliphatic carbocycles. The Kier molecular flexibility index (Phi) is 5.74. The summed E-state index contributed by atoms with van der Waals surface area (Å²) in [5, 5.41) is 3.30. The van der Waals surface area contributed by atoms with Crippen LogP contribution in [0.2, 0.25) is 5.02 Å². The van der Waals surface area contributed by atoms with E-state index in [0.29, 0.717) is 16.3 Å². The number of alkyl halides is 3. The first-order valence-electron chi connectivity index (χ1n) is 8.11. The molecule has 0 aliphatic heterocycles. The summed E-state index contributed by atoms with van der Waals surface area (Å²) in [4.78, 5) is 20.0. The fraction of sp³-hybridized carbons (Fsp3) is 0.0556. The number of hydrogen-bond acceptors (Lipinski definition) is 6. The van der Waals surface area contributed by atoms with Gasteiger partial charge in [0.05, 0.1) is 5.56 Å². The summed E-state index contributed by atoms with van der Waals surface area (Å²) in [7, 11) is 0. The Labute approximate surface area is 168 Å². The van der Waals surface area contributed by atoms with E-state index < -0.39 is 17.6 Å². The standard InChI is InChI=1S/C18H14ClF3N6O/c19-12-5-1-10(2-6-12)17(29)28-27-16-14(23)15(24-9-25-16)26-13-7-3-11(4-8-13)18(20,21)22/h1-9H,23H2,(H,28,29)(H2,24,25,26,27). The van der Waals surface area contributed by atoms with Crippen molar-refractivity contribution in [2.45, 2.75) is 6.18 Å². The minimum Gasteiger partial charge on any atom is -0.393 e. The Bertz CT molecular complexity index is 1010. The second kappa shape index (κ2) is 8.23. The fourth-order valence-electron chi connectivity index (χ4n) is 2.26. The lowest BCUT2D eigenvalue weighted by Gasteiger charge is -2.14. The number of nitrogens with one attached hydrogen (secondary N) is 3. The Morgan fingerprint density at radius 2 is 1.59 bits per heavy atom. The van der Waals surface area contributed by atoms with E-state index in [1.54, 1.807) is 24.3 Å². The number of aromatic nitrogens is 2. The lowest BCUT2D eigenvalue weighted by molar-refractivity contribution is -0.137. The summed E-state index contributed by atoms with van der Waals surface area (Å²) in [6.45, 7) is 0. The molecule has 0 saturated carbocycles. The molecule has 0 saturated heterocycles. The molecule has 150 valence electrons. The van der Waals surface area contributed by atoms with Gasteiger partial charge in [0, 0.05) is 16.3 Å². The van der Waals surface area contributed by atoms with Crippen LogP contribution in [0.1, 0.15) is 15.9 Å². The molecule has 0 spiro atoms. The van der Waals surface area contributed by atoms with Crippen LogP contribution in [0.5, 0.6) is 0 Å². The SMILES string of the molecule is Nc1c(NNC(=O)c2ccc(Cl)cc2)ncnc1Nc1ccc(C(F)(F)F)cc1. The lowest BCUT2D eigenvalue weighted by atomic mass is 10.2. The van der Waals surface area contributed by atoms with Crippen molar-refractivity contribution in [1.29, 1.82) is 0 Å². The van der Waals surface area contributed by atoms with Gasteiger partial charge in [-0.15, -0.1) is 0 Å². The van der Waals surface area contributed by atoms with Gasteiger partial charge in [0.15, 0.2) is 11.6 Å². The largest absolute Gasteiger partial charge is 0.416 e. The van der Waals surface area contributed by atoms with Crippen LogP contribution in [0.25, 0.3) is 0 Å². The van der Waals surface area contributed by atoms with Gasteiger partial charge in [0.25, 0.3) is 5.91 Å². The summed E-state index contributed by atoms with van der Waals surface area (Å²) in [6.07, 6.45) is -3.24. The van der Waals surface area contributed by atoms with Crippen molar-refractivity contribution in [3.63, 3.8) is 0 Å². The Balaban J connectivity index is 1.69. The van der Waals surface area contributed by atoms with Crippen LogP contribution in [-0.2, 0) is 6.18 Å². The van der Waals surface area contributed by atoms with Crippen molar-refractivity contribution in [3.8, 4) is 0 Å². The van der Waals surface area contributed by atoms with Crippen LogP contribution < -0.4 is 21.9 Å². The molecule has 1 aromatic heterocycles. The van der Waals surface area contributed by atoms with Gasteiger partial charge in [-0.2, -0.15) is 13.2 Å². The maximum Gasteiger partial charge on any atom is 0.416 e. The molecule has 1 amide bonds. The molecule has 5 N–H and O–H groups in total. The van der Waals surface area contributed by atoms with Gasteiger partial charge in [-0.1, -0.05) is 11.6 Å². The molecule has 0 aliphatic rings. The van der Waals surface area contributed by atoms with E-state index in [1.165, 1.54) is 18.5 Å². The van der Waals surface area contributed by atoms with Crippen LogP contribution in [0.15, 0.2) is 54.9 Å². The molecular weight excluding hydrogens is 409 g/mol. The first-order chi connectivity index (χ1) is 13.7. The van der Waals surface area contributed by atoms with Crippen LogP contribution in [0.4, 0.5) is 36.2 Å². The minimum absolute atomic E-state index is 0.0591. The molecule has 0 fully saturated rings. The summed E-state index contributed by atoms with van der Waals surface area (Å²) in [5.74, 6) is -0.184. The highest BCUT2D eigenvalue weighted by Gasteiger charge is 2.29. The predicted molar refractivity (Wildman–Crippen MR) is 104 cm³/mol. The number of benzene rings is 2. The highest BCUT2D eigenvalue weighted by Crippen LogP contribution is 2.31. The summed E-state index contributed by atoms with van der Waals surface area (Å²) >= 11 is 5.78. The van der Waals surface area contributed by atoms with Gasteiger partial charge >= 0.3 is 6.18 Å². The first-order valence-corrected chi connectivity index (χ1v) is 8.48. The number of nitrogen functional groups attached to an aromatic ring is 1. The number of halogens is 4. The fourth-order valence-corrected chi connectivity index (χ4v) is 2.39. The van der Waals surface area contributed by atoms with Crippen LogP contribution in [0, 0.1) is 0 Å². The number of nitrogens with two attached hydrogens (primary N) is 1. The van der Waals surface area contributed by atoms with Gasteiger partial charge in [0.2, 0.25) is 0 Å². The number of rotatable bonds is 5. The van der Waals surface area contributed by atoms with Crippen molar-refractivity contribution in [3.05, 3.63) is 71.0 Å². The topological polar surface area (TPSA) is 105 Å². The Morgan fingerprint density at radius 3 is 2.21 bits per heavy atom. The number of nitrogens with zero attached hydrogens (tertiary/aromatic N) is 2. The van der Waals surface area contributed by atoms with Crippen molar-refractivity contribution in [1.82, 2.24) is 15.4 Å². The maximum atomic E-state index is 12.6. The zero-order chi connectivity index (χ0) is 21.0. The van der Waals surface area contributed by atoms with E-state index in [0.717, 1.165) is 12.1 Å². The number of amides is 1. The molecule has 0 radical (unpaired) electrons. The van der Waals surface area contributed by atoms with E-state index in [2.05, 4.69) is 26.1 Å². The second-order valence-electron chi connectivity index (χ2n) is 5.77. The lowest BCUT2D eigenvalue weighted by Crippen LogP contribution is -2.30. The third kappa shape index (κ3) is 5.05. The van der Waals surface area contributed by atoms with Crippen LogP contribution in [0.3, 0.4) is 0 Å². The molecule has 3 rings (SSSR count). The maximum absolute atomic E-state index is 12.6. The van der Waals surface area contributed by atoms with Gasteiger partial charge in [-0.25, -0.2) is 9.97 Å². The number of carbonyl (C=O) groups is 1. The molecule has 29 heavy (non-hydrogen) atoms. The number of hydrazine groups is 1. The second-order valence-corrected chi connectivity index (χ2v) is 6.21. The van der Waals surface area contributed by atoms with Gasteiger partial charge in [0.1, 0.15) is 12.0 Å². The number of carbonyl (C=O) groups excluding carboxylic acids is 1. The monoisotopic (exact) mass is 422 g/mol. The molecule has 0 unspecified atom stereocenters. The highest BCUT2D eigenvalue weighted by molar-refractivity contribution is 6.30. The van der Waals surface area contributed by atoms with Gasteiger partial charge in [-0.05, 0) is 48.5 Å². The van der Waals surface area contributed by atoms with E-state index >= 15 is 0 Å². The van der Waals surface area contributed by atoms with Gasteiger partial charge in [-0.3, -0.25) is 15.6 Å². The molecule has 0 bridgehead atoms. The van der Waals surface area contributed by atoms with Crippen LogP contribution in [-0.4, -0.2) is 15.9 Å². The van der Waals surface area contributed by atoms with Gasteiger partial charge < -0.3 is 11.1 Å². The summed E-state index contributed by atoms with van der Waals surface area (Å²) in [6, 6.07) is 10.6. The Morgan fingerprint density at radius 1 is 0.966 bits per heavy atom. The van der Waals surface area contributed by atoms with E-state index in [1.807, 2.05) is 0 Å². The quantitative estimate of drug-likeness (QED) is 0.459. The average molecular weight is 423 g/mol. The first kappa shape index (κ1) is 20.2. The Hall–Kier alpha value is -3.53. The normalized spacial score (nSPS) is 11.0. The van der Waals surface area contributed by atoms with Crippen molar-refractivity contribution in [2.24, 2.45) is 0 Å². The third-order valence-corrected chi connectivity index (χ3v) is 4.01. The average Bonchev–Trinajstić information content (AvgIpc) is 2.68. The van der Waals surface area contributed by atoms with E-state index in [4.69, 9.17) is 17.3 Å². The smallest absolute Gasteiger partial charge is 0.393 e. The summed E-state index contributed by atoms with van der Waals surface area (Å²) < 4.78 is 37.9. The molecule has 11 heteroatoms. The minimum atomic E-state index is -4.42. The van der Waals surface area contributed by atoms with Crippen molar-refractivity contribution in [2.75, 3.05) is 16.5 Å². The number of hydrogen-bond donors (Lipinski definition) is 4.